The van der Waals surface area contributed by atoms with Gasteiger partial charge < -0.3 is 4.74 Å². The van der Waals surface area contributed by atoms with Crippen LogP contribution in [0, 0.1) is 5.41 Å². The quantitative estimate of drug-likeness (QED) is 0.555. The highest BCUT2D eigenvalue weighted by molar-refractivity contribution is 7.92. The summed E-state index contributed by atoms with van der Waals surface area (Å²) < 4.78 is 28.3. The Bertz CT molecular complexity index is 403. The summed E-state index contributed by atoms with van der Waals surface area (Å²) in [6, 6.07) is 0. The second-order valence-corrected chi connectivity index (χ2v) is 8.26. The number of sulfone groups is 1. The topological polar surface area (TPSA) is 43.4 Å². The average molecular weight is 286 g/mol. The van der Waals surface area contributed by atoms with Crippen LogP contribution in [0.4, 0.5) is 0 Å². The Hall–Kier alpha value is -0.510. The molecule has 19 heavy (non-hydrogen) atoms. The third-order valence-electron chi connectivity index (χ3n) is 4.52. The summed E-state index contributed by atoms with van der Waals surface area (Å²) in [5.41, 5.74) is 1.50. The third kappa shape index (κ3) is 4.23. The maximum Gasteiger partial charge on any atom is 0.151 e. The van der Waals surface area contributed by atoms with Crippen molar-refractivity contribution in [1.82, 2.24) is 0 Å². The van der Waals surface area contributed by atoms with Gasteiger partial charge in [-0.3, -0.25) is 0 Å². The van der Waals surface area contributed by atoms with Crippen LogP contribution in [-0.2, 0) is 14.6 Å². The van der Waals surface area contributed by atoms with Gasteiger partial charge in [0, 0.05) is 0 Å². The molecule has 0 aromatic carbocycles. The number of hydrogen-bond acceptors (Lipinski definition) is 3. The van der Waals surface area contributed by atoms with Crippen molar-refractivity contribution in [3.05, 3.63) is 11.8 Å². The molecule has 1 saturated carbocycles. The maximum absolute atomic E-state index is 11.3. The van der Waals surface area contributed by atoms with Gasteiger partial charge in [0.2, 0.25) is 0 Å². The Kier molecular flexibility index (Phi) is 4.93. The molecular weight excluding hydrogens is 260 g/mol. The lowest BCUT2D eigenvalue weighted by Gasteiger charge is -2.40. The van der Waals surface area contributed by atoms with E-state index >= 15 is 0 Å². The molecule has 1 heterocycles. The second-order valence-electron chi connectivity index (χ2n) is 6.20. The number of rotatable bonds is 6. The molecule has 0 spiro atoms. The summed E-state index contributed by atoms with van der Waals surface area (Å²) in [4.78, 5) is 0. The predicted octanol–water partition coefficient (Wildman–Crippen LogP) is 3.46. The fourth-order valence-electron chi connectivity index (χ4n) is 3.25. The third-order valence-corrected chi connectivity index (χ3v) is 6.62. The van der Waals surface area contributed by atoms with E-state index in [2.05, 4.69) is 6.92 Å². The first-order valence-electron chi connectivity index (χ1n) is 7.55. The molecule has 0 bridgehead atoms. The van der Waals surface area contributed by atoms with Crippen LogP contribution in [0.15, 0.2) is 11.8 Å². The van der Waals surface area contributed by atoms with E-state index in [1.165, 1.54) is 37.7 Å². The summed E-state index contributed by atoms with van der Waals surface area (Å²) in [6.45, 7) is 2.82. The first-order chi connectivity index (χ1) is 9.05. The summed E-state index contributed by atoms with van der Waals surface area (Å²) in [5, 5.41) is 0. The van der Waals surface area contributed by atoms with E-state index in [1.807, 2.05) is 6.26 Å². The maximum atomic E-state index is 11.3. The Labute approximate surface area is 117 Å². The highest BCUT2D eigenvalue weighted by Crippen LogP contribution is 2.40. The van der Waals surface area contributed by atoms with Gasteiger partial charge in [0.1, 0.15) is 0 Å². The Morgan fingerprint density at radius 2 is 1.89 bits per heavy atom. The zero-order chi connectivity index (χ0) is 13.8. The van der Waals surface area contributed by atoms with Crippen molar-refractivity contribution in [2.45, 2.75) is 58.3 Å². The minimum absolute atomic E-state index is 0.0557. The standard InChI is InChI=1S/C15H26O3S/c1-2-15(12-19(16,17)13-15)9-6-10-18-11-14-7-4-3-5-8-14/h11H,2-10,12-13H2,1H3. The van der Waals surface area contributed by atoms with Gasteiger partial charge in [0.25, 0.3) is 0 Å². The molecule has 4 heteroatoms. The van der Waals surface area contributed by atoms with Crippen molar-refractivity contribution in [1.29, 1.82) is 0 Å². The van der Waals surface area contributed by atoms with Crippen molar-refractivity contribution >= 4 is 9.84 Å². The first-order valence-corrected chi connectivity index (χ1v) is 9.37. The molecule has 1 aliphatic heterocycles. The average Bonchev–Trinajstić information content (AvgIpc) is 2.37. The molecule has 2 aliphatic rings. The monoisotopic (exact) mass is 286 g/mol. The van der Waals surface area contributed by atoms with Gasteiger partial charge in [0.05, 0.1) is 24.4 Å². The van der Waals surface area contributed by atoms with E-state index in [1.54, 1.807) is 0 Å². The zero-order valence-electron chi connectivity index (χ0n) is 12.0. The normalized spacial score (nSPS) is 24.6. The van der Waals surface area contributed by atoms with Gasteiger partial charge in [-0.1, -0.05) is 13.3 Å². The Balaban J connectivity index is 1.64. The smallest absolute Gasteiger partial charge is 0.151 e. The lowest BCUT2D eigenvalue weighted by Crippen LogP contribution is -2.48. The molecule has 1 saturated heterocycles. The molecule has 0 amide bonds. The number of ether oxygens (including phenoxy) is 1. The fourth-order valence-corrected chi connectivity index (χ4v) is 5.73. The van der Waals surface area contributed by atoms with E-state index in [-0.39, 0.29) is 5.41 Å². The van der Waals surface area contributed by atoms with Crippen molar-refractivity contribution in [3.8, 4) is 0 Å². The lowest BCUT2D eigenvalue weighted by atomic mass is 9.84. The molecular formula is C15H26O3S. The van der Waals surface area contributed by atoms with E-state index in [0.717, 1.165) is 25.9 Å². The van der Waals surface area contributed by atoms with Crippen molar-refractivity contribution in [3.63, 3.8) is 0 Å². The van der Waals surface area contributed by atoms with Gasteiger partial charge in [-0.15, -0.1) is 0 Å². The summed E-state index contributed by atoms with van der Waals surface area (Å²) in [6.07, 6.45) is 11.2. The molecule has 0 aromatic heterocycles. The summed E-state index contributed by atoms with van der Waals surface area (Å²) >= 11 is 0. The molecule has 110 valence electrons. The molecule has 0 N–H and O–H groups in total. The van der Waals surface area contributed by atoms with Crippen LogP contribution in [0.3, 0.4) is 0 Å². The predicted molar refractivity (Wildman–Crippen MR) is 77.7 cm³/mol. The first kappa shape index (κ1) is 14.9. The molecule has 0 unspecified atom stereocenters. The van der Waals surface area contributed by atoms with Crippen molar-refractivity contribution in [2.24, 2.45) is 5.41 Å². The van der Waals surface area contributed by atoms with Gasteiger partial charge >= 0.3 is 0 Å². The minimum atomic E-state index is -2.71. The van der Waals surface area contributed by atoms with Crippen LogP contribution in [0.2, 0.25) is 0 Å². The Morgan fingerprint density at radius 3 is 2.47 bits per heavy atom. The lowest BCUT2D eigenvalue weighted by molar-refractivity contribution is 0.202. The molecule has 0 aromatic rings. The zero-order valence-corrected chi connectivity index (χ0v) is 12.8. The number of allylic oxidation sites excluding steroid dienone is 1. The van der Waals surface area contributed by atoms with Crippen LogP contribution in [-0.4, -0.2) is 26.5 Å². The minimum Gasteiger partial charge on any atom is -0.501 e. The van der Waals surface area contributed by atoms with Gasteiger partial charge in [0.15, 0.2) is 9.84 Å². The van der Waals surface area contributed by atoms with Gasteiger partial charge in [-0.05, 0) is 55.9 Å². The largest absolute Gasteiger partial charge is 0.501 e. The number of hydrogen-bond donors (Lipinski definition) is 0. The summed E-state index contributed by atoms with van der Waals surface area (Å²) in [7, 11) is -2.71. The van der Waals surface area contributed by atoms with Crippen LogP contribution in [0.25, 0.3) is 0 Å². The van der Waals surface area contributed by atoms with Crippen LogP contribution in [0.1, 0.15) is 58.3 Å². The fraction of sp³-hybridized carbons (Fsp3) is 0.867. The SMILES string of the molecule is CCC1(CCCOC=C2CCCCC2)CS(=O)(=O)C1. The van der Waals surface area contributed by atoms with Crippen LogP contribution >= 0.6 is 0 Å². The van der Waals surface area contributed by atoms with Crippen LogP contribution in [0.5, 0.6) is 0 Å². The van der Waals surface area contributed by atoms with Gasteiger partial charge in [-0.2, -0.15) is 0 Å². The molecule has 1 aliphatic carbocycles. The van der Waals surface area contributed by atoms with Crippen molar-refractivity contribution < 1.29 is 13.2 Å². The molecule has 3 nitrogen and oxygen atoms in total. The van der Waals surface area contributed by atoms with E-state index < -0.39 is 9.84 Å². The van der Waals surface area contributed by atoms with E-state index in [0.29, 0.717) is 11.5 Å². The molecule has 0 atom stereocenters. The highest BCUT2D eigenvalue weighted by Gasteiger charge is 2.46. The second kappa shape index (κ2) is 6.29. The summed E-state index contributed by atoms with van der Waals surface area (Å²) in [5.74, 6) is 0.773. The Morgan fingerprint density at radius 1 is 1.21 bits per heavy atom. The molecule has 2 fully saturated rings. The van der Waals surface area contributed by atoms with Gasteiger partial charge in [-0.25, -0.2) is 8.42 Å². The van der Waals surface area contributed by atoms with E-state index in [4.69, 9.17) is 4.74 Å². The molecule has 0 radical (unpaired) electrons. The van der Waals surface area contributed by atoms with Crippen LogP contribution < -0.4 is 0 Å². The highest BCUT2D eigenvalue weighted by atomic mass is 32.2. The molecule has 2 rings (SSSR count). The van der Waals surface area contributed by atoms with E-state index in [9.17, 15) is 8.42 Å². The van der Waals surface area contributed by atoms with Crippen molar-refractivity contribution in [2.75, 3.05) is 18.1 Å².